The van der Waals surface area contributed by atoms with Crippen LogP contribution in [0.25, 0.3) is 0 Å². The molecule has 4 heteroatoms. The molecule has 2 N–H and O–H groups in total. The fourth-order valence-electron chi connectivity index (χ4n) is 1.37. The van der Waals surface area contributed by atoms with Gasteiger partial charge in [-0.2, -0.15) is 0 Å². The van der Waals surface area contributed by atoms with E-state index >= 15 is 0 Å². The van der Waals surface area contributed by atoms with Crippen molar-refractivity contribution in [1.29, 1.82) is 0 Å². The van der Waals surface area contributed by atoms with Crippen molar-refractivity contribution in [3.05, 3.63) is 29.6 Å². The normalized spacial score (nSPS) is 10.5. The molecule has 1 aromatic rings. The summed E-state index contributed by atoms with van der Waals surface area (Å²) in [6, 6.07) is 3.86. The molecule has 0 aliphatic heterocycles. The average molecular weight is 225 g/mol. The Bertz CT molecular complexity index is 375. The second-order valence-electron chi connectivity index (χ2n) is 3.58. The Morgan fingerprint density at radius 2 is 2.06 bits per heavy atom. The Hall–Kier alpha value is -1.58. The minimum absolute atomic E-state index is 0.105. The monoisotopic (exact) mass is 225 g/mol. The number of nitrogen functional groups attached to an aromatic ring is 1. The van der Waals surface area contributed by atoms with Crippen molar-refractivity contribution in [2.45, 2.75) is 32.8 Å². The second-order valence-corrected chi connectivity index (χ2v) is 3.58. The summed E-state index contributed by atoms with van der Waals surface area (Å²) >= 11 is 0. The maximum atomic E-state index is 13.3. The van der Waals surface area contributed by atoms with Crippen molar-refractivity contribution in [3.63, 3.8) is 0 Å². The zero-order valence-electron chi connectivity index (χ0n) is 9.50. The molecule has 16 heavy (non-hydrogen) atoms. The third-order valence-electron chi connectivity index (χ3n) is 2.39. The van der Waals surface area contributed by atoms with Gasteiger partial charge in [0.05, 0.1) is 5.56 Å². The van der Waals surface area contributed by atoms with Crippen LogP contribution in [0.1, 0.15) is 37.0 Å². The quantitative estimate of drug-likeness (QED) is 0.633. The highest BCUT2D eigenvalue weighted by molar-refractivity contribution is 5.90. The van der Waals surface area contributed by atoms with Crippen molar-refractivity contribution in [3.8, 4) is 0 Å². The first-order valence-electron chi connectivity index (χ1n) is 5.34. The van der Waals surface area contributed by atoms with Gasteiger partial charge in [-0.1, -0.05) is 13.8 Å². The van der Waals surface area contributed by atoms with Crippen molar-refractivity contribution in [2.24, 2.45) is 0 Å². The van der Waals surface area contributed by atoms with Crippen molar-refractivity contribution < 1.29 is 13.9 Å². The molecule has 1 aromatic carbocycles. The summed E-state index contributed by atoms with van der Waals surface area (Å²) in [5.41, 5.74) is 5.73. The van der Waals surface area contributed by atoms with Crippen LogP contribution < -0.4 is 5.73 Å². The highest BCUT2D eigenvalue weighted by Gasteiger charge is 2.16. The van der Waals surface area contributed by atoms with E-state index in [-0.39, 0.29) is 11.7 Å². The Morgan fingerprint density at radius 3 is 2.62 bits per heavy atom. The van der Waals surface area contributed by atoms with E-state index in [1.165, 1.54) is 18.2 Å². The summed E-state index contributed by atoms with van der Waals surface area (Å²) < 4.78 is 18.5. The molecule has 0 radical (unpaired) electrons. The van der Waals surface area contributed by atoms with Crippen LogP contribution in [-0.4, -0.2) is 12.1 Å². The van der Waals surface area contributed by atoms with Crippen LogP contribution in [0.3, 0.4) is 0 Å². The summed E-state index contributed by atoms with van der Waals surface area (Å²) in [4.78, 5) is 11.6. The van der Waals surface area contributed by atoms with Gasteiger partial charge in [0.1, 0.15) is 11.9 Å². The van der Waals surface area contributed by atoms with Gasteiger partial charge >= 0.3 is 5.97 Å². The molecular weight excluding hydrogens is 209 g/mol. The van der Waals surface area contributed by atoms with E-state index in [0.29, 0.717) is 18.5 Å². The predicted octanol–water partition coefficient (Wildman–Crippen LogP) is 2.75. The SMILES string of the molecule is CCC(CC)OC(=O)c1cc(N)ccc1F. The van der Waals surface area contributed by atoms with Crippen LogP contribution >= 0.6 is 0 Å². The van der Waals surface area contributed by atoms with Gasteiger partial charge in [0.15, 0.2) is 0 Å². The smallest absolute Gasteiger partial charge is 0.341 e. The first-order valence-corrected chi connectivity index (χ1v) is 5.34. The van der Waals surface area contributed by atoms with Crippen molar-refractivity contribution in [2.75, 3.05) is 5.73 Å². The maximum absolute atomic E-state index is 13.3. The molecule has 0 heterocycles. The summed E-state index contributed by atoms with van der Waals surface area (Å²) in [5, 5.41) is 0. The molecule has 0 unspecified atom stereocenters. The minimum Gasteiger partial charge on any atom is -0.459 e. The maximum Gasteiger partial charge on any atom is 0.341 e. The van der Waals surface area contributed by atoms with E-state index in [1.54, 1.807) is 0 Å². The molecule has 0 aliphatic carbocycles. The lowest BCUT2D eigenvalue weighted by Gasteiger charge is -2.14. The topological polar surface area (TPSA) is 52.3 Å². The fraction of sp³-hybridized carbons (Fsp3) is 0.417. The first-order chi connectivity index (χ1) is 7.58. The number of anilines is 1. The standard InChI is InChI=1S/C12H16FNO2/c1-3-9(4-2)16-12(15)10-7-8(14)5-6-11(10)13/h5-7,9H,3-4,14H2,1-2H3. The van der Waals surface area contributed by atoms with Crippen molar-refractivity contribution >= 4 is 11.7 Å². The lowest BCUT2D eigenvalue weighted by atomic mass is 10.2. The average Bonchev–Trinajstić information content (AvgIpc) is 2.28. The number of hydrogen-bond acceptors (Lipinski definition) is 3. The molecule has 0 aliphatic rings. The number of ether oxygens (including phenoxy) is 1. The highest BCUT2D eigenvalue weighted by atomic mass is 19.1. The summed E-state index contributed by atoms with van der Waals surface area (Å²) in [6.07, 6.45) is 1.26. The zero-order chi connectivity index (χ0) is 12.1. The third-order valence-corrected chi connectivity index (χ3v) is 2.39. The van der Waals surface area contributed by atoms with Gasteiger partial charge in [-0.3, -0.25) is 0 Å². The number of hydrogen-bond donors (Lipinski definition) is 1. The molecule has 0 spiro atoms. The van der Waals surface area contributed by atoms with Gasteiger partial charge in [0.2, 0.25) is 0 Å². The number of carbonyl (C=O) groups excluding carboxylic acids is 1. The first kappa shape index (κ1) is 12.5. The van der Waals surface area contributed by atoms with Crippen molar-refractivity contribution in [1.82, 2.24) is 0 Å². The van der Waals surface area contributed by atoms with E-state index in [0.717, 1.165) is 0 Å². The molecule has 0 saturated carbocycles. The lowest BCUT2D eigenvalue weighted by Crippen LogP contribution is -2.17. The minimum atomic E-state index is -0.654. The van der Waals surface area contributed by atoms with Crippen LogP contribution in [0.5, 0.6) is 0 Å². The highest BCUT2D eigenvalue weighted by Crippen LogP contribution is 2.15. The lowest BCUT2D eigenvalue weighted by molar-refractivity contribution is 0.0279. The molecular formula is C12H16FNO2. The molecule has 0 atom stereocenters. The number of esters is 1. The van der Waals surface area contributed by atoms with Crippen LogP contribution in [-0.2, 0) is 4.74 Å². The Balaban J connectivity index is 2.83. The molecule has 3 nitrogen and oxygen atoms in total. The van der Waals surface area contributed by atoms with Crippen LogP contribution in [0.15, 0.2) is 18.2 Å². The third kappa shape index (κ3) is 2.95. The van der Waals surface area contributed by atoms with E-state index < -0.39 is 11.8 Å². The summed E-state index contributed by atoms with van der Waals surface area (Å²) in [5.74, 6) is -1.26. The molecule has 0 fully saturated rings. The number of carbonyl (C=O) groups is 1. The Kier molecular flexibility index (Phi) is 4.28. The van der Waals surface area contributed by atoms with Gasteiger partial charge < -0.3 is 10.5 Å². The summed E-state index contributed by atoms with van der Waals surface area (Å²) in [7, 11) is 0. The largest absolute Gasteiger partial charge is 0.459 e. The Labute approximate surface area is 94.4 Å². The second kappa shape index (κ2) is 5.49. The molecule has 0 amide bonds. The molecule has 0 saturated heterocycles. The summed E-state index contributed by atoms with van der Waals surface area (Å²) in [6.45, 7) is 3.83. The number of halogens is 1. The van der Waals surface area contributed by atoms with Crippen LogP contribution in [0.4, 0.5) is 10.1 Å². The molecule has 0 aromatic heterocycles. The van der Waals surface area contributed by atoms with Crippen LogP contribution in [0.2, 0.25) is 0 Å². The molecule has 0 bridgehead atoms. The van der Waals surface area contributed by atoms with E-state index in [4.69, 9.17) is 10.5 Å². The number of nitrogens with two attached hydrogens (primary N) is 1. The zero-order valence-corrected chi connectivity index (χ0v) is 9.50. The van der Waals surface area contributed by atoms with E-state index in [1.807, 2.05) is 13.8 Å². The number of benzene rings is 1. The van der Waals surface area contributed by atoms with Gasteiger partial charge in [0.25, 0.3) is 0 Å². The van der Waals surface area contributed by atoms with Gasteiger partial charge in [0, 0.05) is 5.69 Å². The van der Waals surface area contributed by atoms with Gasteiger partial charge in [-0.05, 0) is 31.0 Å². The Morgan fingerprint density at radius 1 is 1.44 bits per heavy atom. The predicted molar refractivity (Wildman–Crippen MR) is 60.6 cm³/mol. The number of rotatable bonds is 4. The van der Waals surface area contributed by atoms with Crippen LogP contribution in [0, 0.1) is 5.82 Å². The van der Waals surface area contributed by atoms with E-state index in [2.05, 4.69) is 0 Å². The fourth-order valence-corrected chi connectivity index (χ4v) is 1.37. The van der Waals surface area contributed by atoms with Gasteiger partial charge in [-0.25, -0.2) is 9.18 Å². The van der Waals surface area contributed by atoms with Gasteiger partial charge in [-0.15, -0.1) is 0 Å². The molecule has 88 valence electrons. The van der Waals surface area contributed by atoms with E-state index in [9.17, 15) is 9.18 Å². The molecule has 1 rings (SSSR count).